The van der Waals surface area contributed by atoms with Gasteiger partial charge in [0.25, 0.3) is 0 Å². The zero-order chi connectivity index (χ0) is 21.1. The van der Waals surface area contributed by atoms with E-state index in [1.807, 2.05) is 12.1 Å². The molecular formula is C23H22N2O4S. The molecule has 2 heterocycles. The summed E-state index contributed by atoms with van der Waals surface area (Å²) in [5, 5.41) is 4.55. The summed E-state index contributed by atoms with van der Waals surface area (Å²) < 4.78 is 11.3. The number of amides is 1. The molecular weight excluding hydrogens is 400 g/mol. The number of carbonyl (C=O) groups is 2. The number of pyridine rings is 1. The fourth-order valence-electron chi connectivity index (χ4n) is 3.28. The Morgan fingerprint density at radius 2 is 1.77 bits per heavy atom. The summed E-state index contributed by atoms with van der Waals surface area (Å²) in [5.41, 5.74) is 3.20. The lowest BCUT2D eigenvalue weighted by atomic mass is 10.1. The second-order valence-electron chi connectivity index (χ2n) is 6.97. The molecule has 6 nitrogen and oxygen atoms in total. The Labute approximate surface area is 179 Å². The second kappa shape index (κ2) is 8.75. The number of hydrogen-bond acceptors (Lipinski definition) is 6. The Hall–Kier alpha value is -3.06. The summed E-state index contributed by atoms with van der Waals surface area (Å²) in [6.45, 7) is 4.61. The molecule has 0 saturated heterocycles. The molecule has 0 spiro atoms. The van der Waals surface area contributed by atoms with Gasteiger partial charge in [0, 0.05) is 29.6 Å². The Morgan fingerprint density at radius 1 is 1.07 bits per heavy atom. The van der Waals surface area contributed by atoms with Crippen LogP contribution in [-0.2, 0) is 11.2 Å². The number of Topliss-reactive ketones (excluding diaryl/α,β-unsaturated/α-hetero) is 1. The van der Waals surface area contributed by atoms with Gasteiger partial charge in [0.05, 0.1) is 11.3 Å². The second-order valence-corrected chi connectivity index (χ2v) is 7.93. The topological polar surface area (TPSA) is 77.5 Å². The number of benzene rings is 2. The number of hydrogen-bond donors (Lipinski definition) is 1. The molecule has 1 aromatic heterocycles. The van der Waals surface area contributed by atoms with Crippen molar-refractivity contribution in [2.24, 2.45) is 0 Å². The molecule has 2 aromatic carbocycles. The van der Waals surface area contributed by atoms with Gasteiger partial charge in [0.15, 0.2) is 17.3 Å². The van der Waals surface area contributed by atoms with Gasteiger partial charge in [-0.1, -0.05) is 18.7 Å². The van der Waals surface area contributed by atoms with Crippen molar-refractivity contribution in [3.63, 3.8) is 0 Å². The average molecular weight is 423 g/mol. The van der Waals surface area contributed by atoms with Crippen LogP contribution in [0.5, 0.6) is 11.5 Å². The lowest BCUT2D eigenvalue weighted by Gasteiger charge is -2.19. The summed E-state index contributed by atoms with van der Waals surface area (Å²) in [4.78, 5) is 28.5. The number of nitrogens with zero attached hydrogens (tertiary/aromatic N) is 1. The van der Waals surface area contributed by atoms with E-state index in [0.29, 0.717) is 30.2 Å². The number of aromatic nitrogens is 1. The van der Waals surface area contributed by atoms with Crippen LogP contribution in [0.25, 0.3) is 10.9 Å². The molecule has 0 atom stereocenters. The summed E-state index contributed by atoms with van der Waals surface area (Å²) in [5.74, 6) is 1.61. The summed E-state index contributed by atoms with van der Waals surface area (Å²) in [6.07, 6.45) is 0.819. The first-order chi connectivity index (χ1) is 14.5. The van der Waals surface area contributed by atoms with Crippen molar-refractivity contribution in [3.8, 4) is 11.5 Å². The van der Waals surface area contributed by atoms with Crippen molar-refractivity contribution in [2.45, 2.75) is 25.3 Å². The number of ether oxygens (including phenoxy) is 2. The first-order valence-electron chi connectivity index (χ1n) is 9.80. The minimum Gasteiger partial charge on any atom is -0.486 e. The number of carbonyl (C=O) groups excluding carboxylic acids is 2. The van der Waals surface area contributed by atoms with Gasteiger partial charge in [0.2, 0.25) is 5.91 Å². The molecule has 0 aliphatic carbocycles. The maximum Gasteiger partial charge on any atom is 0.221 e. The third-order valence-corrected chi connectivity index (χ3v) is 5.80. The molecule has 4 rings (SSSR count). The monoisotopic (exact) mass is 422 g/mol. The van der Waals surface area contributed by atoms with Crippen molar-refractivity contribution in [2.75, 3.05) is 24.3 Å². The van der Waals surface area contributed by atoms with Gasteiger partial charge < -0.3 is 14.8 Å². The fraction of sp³-hybridized carbons (Fsp3) is 0.261. The van der Waals surface area contributed by atoms with Crippen molar-refractivity contribution >= 4 is 40.0 Å². The number of nitrogens with one attached hydrogen (secondary N) is 1. The molecule has 7 heteroatoms. The Balaban J connectivity index is 1.52. The predicted octanol–water partition coefficient (Wildman–Crippen LogP) is 4.50. The fourth-order valence-corrected chi connectivity index (χ4v) is 4.26. The normalized spacial score (nSPS) is 12.6. The lowest BCUT2D eigenvalue weighted by molar-refractivity contribution is -0.114. The van der Waals surface area contributed by atoms with Gasteiger partial charge in [-0.25, -0.2) is 4.98 Å². The van der Waals surface area contributed by atoms with Crippen molar-refractivity contribution < 1.29 is 19.1 Å². The average Bonchev–Trinajstić information content (AvgIpc) is 2.75. The van der Waals surface area contributed by atoms with Crippen LogP contribution in [0.3, 0.4) is 0 Å². The van der Waals surface area contributed by atoms with E-state index in [1.54, 1.807) is 24.3 Å². The van der Waals surface area contributed by atoms with E-state index in [2.05, 4.69) is 18.3 Å². The summed E-state index contributed by atoms with van der Waals surface area (Å²) in [6, 6.07) is 12.9. The number of rotatable bonds is 6. The maximum atomic E-state index is 12.6. The van der Waals surface area contributed by atoms with Crippen LogP contribution in [-0.4, -0.2) is 35.6 Å². The van der Waals surface area contributed by atoms with E-state index in [9.17, 15) is 9.59 Å². The molecule has 0 unspecified atom stereocenters. The maximum absolute atomic E-state index is 12.6. The third kappa shape index (κ3) is 4.41. The van der Waals surface area contributed by atoms with Crippen LogP contribution in [0, 0.1) is 0 Å². The molecule has 1 amide bonds. The van der Waals surface area contributed by atoms with E-state index in [4.69, 9.17) is 14.5 Å². The predicted molar refractivity (Wildman–Crippen MR) is 118 cm³/mol. The summed E-state index contributed by atoms with van der Waals surface area (Å²) in [7, 11) is 0. The third-order valence-electron chi connectivity index (χ3n) is 4.77. The minimum atomic E-state index is -0.141. The molecule has 1 N–H and O–H groups in total. The van der Waals surface area contributed by atoms with Gasteiger partial charge in [-0.3, -0.25) is 9.59 Å². The minimum absolute atomic E-state index is 0.0144. The van der Waals surface area contributed by atoms with Crippen LogP contribution < -0.4 is 14.8 Å². The van der Waals surface area contributed by atoms with Crippen molar-refractivity contribution in [1.29, 1.82) is 0 Å². The van der Waals surface area contributed by atoms with Gasteiger partial charge in [-0.2, -0.15) is 0 Å². The highest BCUT2D eigenvalue weighted by Gasteiger charge is 2.16. The molecule has 0 radical (unpaired) electrons. The van der Waals surface area contributed by atoms with Crippen molar-refractivity contribution in [3.05, 3.63) is 53.6 Å². The molecule has 154 valence electrons. The number of fused-ring (bicyclic) bond motifs is 2. The number of anilines is 1. The van der Waals surface area contributed by atoms with Crippen molar-refractivity contribution in [1.82, 2.24) is 4.98 Å². The number of thioether (sulfide) groups is 1. The SMILES string of the molecule is CCc1cc2cc3c(cc2nc1SCC(=O)c1ccc(NC(C)=O)cc1)OCCO3. The molecule has 1 aliphatic heterocycles. The first-order valence-corrected chi connectivity index (χ1v) is 10.8. The molecule has 1 aliphatic rings. The highest BCUT2D eigenvalue weighted by molar-refractivity contribution is 8.00. The van der Waals surface area contributed by atoms with Gasteiger partial charge in [-0.15, -0.1) is 0 Å². The van der Waals surface area contributed by atoms with Crippen LogP contribution in [0.15, 0.2) is 47.5 Å². The Morgan fingerprint density at radius 3 is 2.43 bits per heavy atom. The number of aryl methyl sites for hydroxylation is 1. The largest absolute Gasteiger partial charge is 0.486 e. The Kier molecular flexibility index (Phi) is 5.90. The van der Waals surface area contributed by atoms with Crippen LogP contribution in [0.1, 0.15) is 29.8 Å². The molecule has 30 heavy (non-hydrogen) atoms. The van der Waals surface area contributed by atoms with Gasteiger partial charge >= 0.3 is 0 Å². The van der Waals surface area contributed by atoms with E-state index >= 15 is 0 Å². The zero-order valence-corrected chi connectivity index (χ0v) is 17.7. The van der Waals surface area contributed by atoms with E-state index in [-0.39, 0.29) is 17.4 Å². The smallest absolute Gasteiger partial charge is 0.221 e. The molecule has 3 aromatic rings. The zero-order valence-electron chi connectivity index (χ0n) is 16.9. The summed E-state index contributed by atoms with van der Waals surface area (Å²) >= 11 is 1.44. The van der Waals surface area contributed by atoms with Crippen LogP contribution in [0.4, 0.5) is 5.69 Å². The van der Waals surface area contributed by atoms with E-state index in [1.165, 1.54) is 18.7 Å². The van der Waals surface area contributed by atoms with Gasteiger partial charge in [-0.05, 0) is 48.4 Å². The van der Waals surface area contributed by atoms with Gasteiger partial charge in [0.1, 0.15) is 18.2 Å². The van der Waals surface area contributed by atoms with Crippen LogP contribution in [0.2, 0.25) is 0 Å². The quantitative estimate of drug-likeness (QED) is 0.465. The number of ketones is 1. The standard InChI is InChI=1S/C23H22N2O4S/c1-3-15-10-17-11-21-22(29-9-8-28-21)12-19(17)25-23(15)30-13-20(27)16-4-6-18(7-5-16)24-14(2)26/h4-7,10-12H,3,8-9,13H2,1-2H3,(H,24,26). The Bertz CT molecular complexity index is 1110. The highest BCUT2D eigenvalue weighted by Crippen LogP contribution is 2.36. The molecule has 0 fully saturated rings. The first kappa shape index (κ1) is 20.2. The molecule has 0 bridgehead atoms. The lowest BCUT2D eigenvalue weighted by Crippen LogP contribution is -2.15. The van der Waals surface area contributed by atoms with Crippen LogP contribution >= 0.6 is 11.8 Å². The molecule has 0 saturated carbocycles. The van der Waals surface area contributed by atoms with E-state index < -0.39 is 0 Å². The van der Waals surface area contributed by atoms with E-state index in [0.717, 1.165) is 33.7 Å². The highest BCUT2D eigenvalue weighted by atomic mass is 32.2.